The molecule has 1 fully saturated rings. The van der Waals surface area contributed by atoms with Crippen molar-refractivity contribution >= 4 is 0 Å². The number of fused-ring (bicyclic) bond motifs is 1. The minimum absolute atomic E-state index is 0.643. The van der Waals surface area contributed by atoms with Crippen molar-refractivity contribution in [2.24, 2.45) is 12.5 Å². The molecule has 0 radical (unpaired) electrons. The molecule has 0 unspecified atom stereocenters. The van der Waals surface area contributed by atoms with Crippen LogP contribution in [0.15, 0.2) is 36.5 Å². The molecule has 2 aliphatic rings. The highest BCUT2D eigenvalue weighted by Gasteiger charge is 2.38. The van der Waals surface area contributed by atoms with Crippen LogP contribution in [0.3, 0.4) is 0 Å². The Hall–Kier alpha value is -1.63. The van der Waals surface area contributed by atoms with Crippen LogP contribution in [0.4, 0.5) is 0 Å². The number of benzene rings is 1. The number of aromatic nitrogens is 1. The second-order valence-electron chi connectivity index (χ2n) is 7.52. The molecule has 0 aliphatic heterocycles. The fraction of sp³-hybridized carbons (Fsp3) is 0.476. The number of nitrogens with zero attached hydrogens (tertiary/aromatic N) is 1. The van der Waals surface area contributed by atoms with Crippen LogP contribution in [0, 0.1) is 12.3 Å². The Balaban J connectivity index is 1.75. The van der Waals surface area contributed by atoms with Gasteiger partial charge in [-0.05, 0) is 61.6 Å². The van der Waals surface area contributed by atoms with E-state index in [1.807, 2.05) is 0 Å². The molecule has 1 nitrogen and oxygen atoms in total. The molecule has 4 rings (SSSR count). The van der Waals surface area contributed by atoms with Gasteiger partial charge in [-0.1, -0.05) is 31.0 Å². The van der Waals surface area contributed by atoms with E-state index in [0.717, 1.165) is 0 Å². The fourth-order valence-corrected chi connectivity index (χ4v) is 4.71. The quantitative estimate of drug-likeness (QED) is 0.680. The van der Waals surface area contributed by atoms with E-state index in [-0.39, 0.29) is 0 Å². The Morgan fingerprint density at radius 2 is 1.77 bits per heavy atom. The van der Waals surface area contributed by atoms with Crippen LogP contribution in [0.1, 0.15) is 48.8 Å². The van der Waals surface area contributed by atoms with Gasteiger partial charge in [-0.3, -0.25) is 0 Å². The summed E-state index contributed by atoms with van der Waals surface area (Å²) in [4.78, 5) is 0. The molecule has 1 heteroatoms. The molecule has 1 heterocycles. The van der Waals surface area contributed by atoms with Gasteiger partial charge in [-0.15, -0.1) is 0 Å². The van der Waals surface area contributed by atoms with Crippen molar-refractivity contribution < 1.29 is 4.57 Å². The highest BCUT2D eigenvalue weighted by atomic mass is 14.9. The second kappa shape index (κ2) is 5.22. The number of hydrogen-bond donors (Lipinski definition) is 0. The smallest absolute Gasteiger partial charge is 0.201 e. The van der Waals surface area contributed by atoms with Gasteiger partial charge >= 0.3 is 0 Å². The van der Waals surface area contributed by atoms with Gasteiger partial charge in [0.05, 0.1) is 0 Å². The van der Waals surface area contributed by atoms with Gasteiger partial charge in [0.2, 0.25) is 5.69 Å². The van der Waals surface area contributed by atoms with E-state index in [1.54, 1.807) is 11.1 Å². The van der Waals surface area contributed by atoms with Crippen molar-refractivity contribution in [2.75, 3.05) is 0 Å². The molecule has 1 spiro atoms. The molecule has 1 aromatic carbocycles. The minimum Gasteiger partial charge on any atom is -0.201 e. The molecule has 0 saturated heterocycles. The Morgan fingerprint density at radius 1 is 1.00 bits per heavy atom. The Kier molecular flexibility index (Phi) is 3.32. The number of hydrogen-bond acceptors (Lipinski definition) is 0. The van der Waals surface area contributed by atoms with E-state index in [4.69, 9.17) is 0 Å². The van der Waals surface area contributed by atoms with Crippen LogP contribution in [0.2, 0.25) is 0 Å². The summed E-state index contributed by atoms with van der Waals surface area (Å²) in [7, 11) is 2.21. The SMILES string of the molecule is Cc1ccccc1-c1cc2c(c[n+]1C)CC1(CCCC1)CC2. The maximum absolute atomic E-state index is 2.46. The molecule has 22 heavy (non-hydrogen) atoms. The van der Waals surface area contributed by atoms with E-state index < -0.39 is 0 Å². The summed E-state index contributed by atoms with van der Waals surface area (Å²) in [5.74, 6) is 0. The predicted molar refractivity (Wildman–Crippen MR) is 90.7 cm³/mol. The fourth-order valence-electron chi connectivity index (χ4n) is 4.71. The summed E-state index contributed by atoms with van der Waals surface area (Å²) in [6.45, 7) is 2.21. The van der Waals surface area contributed by atoms with Crippen LogP contribution in [0.5, 0.6) is 0 Å². The van der Waals surface area contributed by atoms with Gasteiger partial charge in [-0.25, -0.2) is 4.57 Å². The molecule has 0 N–H and O–H groups in total. The predicted octanol–water partition coefficient (Wildman–Crippen LogP) is 4.54. The van der Waals surface area contributed by atoms with E-state index in [2.05, 4.69) is 55.1 Å². The van der Waals surface area contributed by atoms with E-state index in [0.29, 0.717) is 5.41 Å². The van der Waals surface area contributed by atoms with Crippen LogP contribution < -0.4 is 4.57 Å². The van der Waals surface area contributed by atoms with Gasteiger partial charge in [0.25, 0.3) is 0 Å². The molecule has 0 atom stereocenters. The molecule has 2 aromatic rings. The summed E-state index contributed by atoms with van der Waals surface area (Å²) >= 11 is 0. The van der Waals surface area contributed by atoms with Crippen LogP contribution in [0.25, 0.3) is 11.3 Å². The zero-order chi connectivity index (χ0) is 15.2. The molecule has 0 amide bonds. The molecule has 114 valence electrons. The van der Waals surface area contributed by atoms with E-state index in [1.165, 1.54) is 61.8 Å². The van der Waals surface area contributed by atoms with Crippen LogP contribution in [-0.4, -0.2) is 0 Å². The Bertz CT molecular complexity index is 708. The maximum atomic E-state index is 2.46. The summed E-state index contributed by atoms with van der Waals surface area (Å²) in [6.07, 6.45) is 12.2. The van der Waals surface area contributed by atoms with Gasteiger partial charge in [-0.2, -0.15) is 0 Å². The molecular weight excluding hydrogens is 266 g/mol. The van der Waals surface area contributed by atoms with Gasteiger partial charge in [0.1, 0.15) is 7.05 Å². The molecule has 2 aliphatic carbocycles. The highest BCUT2D eigenvalue weighted by Crippen LogP contribution is 2.47. The first-order chi connectivity index (χ1) is 10.7. The van der Waals surface area contributed by atoms with Crippen LogP contribution >= 0.6 is 0 Å². The Labute approximate surface area is 134 Å². The first kappa shape index (κ1) is 14.0. The summed E-state index contributed by atoms with van der Waals surface area (Å²) < 4.78 is 2.34. The third-order valence-corrected chi connectivity index (χ3v) is 6.03. The first-order valence-electron chi connectivity index (χ1n) is 8.74. The van der Waals surface area contributed by atoms with Crippen molar-refractivity contribution in [3.8, 4) is 11.3 Å². The number of aryl methyl sites for hydroxylation is 3. The minimum atomic E-state index is 0.643. The third kappa shape index (κ3) is 2.27. The van der Waals surface area contributed by atoms with E-state index in [9.17, 15) is 0 Å². The number of rotatable bonds is 1. The lowest BCUT2D eigenvalue weighted by molar-refractivity contribution is -0.661. The second-order valence-corrected chi connectivity index (χ2v) is 7.52. The third-order valence-electron chi connectivity index (χ3n) is 6.03. The summed E-state index contributed by atoms with van der Waals surface area (Å²) in [5.41, 5.74) is 7.93. The Morgan fingerprint density at radius 3 is 2.55 bits per heavy atom. The van der Waals surface area contributed by atoms with Crippen molar-refractivity contribution in [3.63, 3.8) is 0 Å². The lowest BCUT2D eigenvalue weighted by atomic mass is 9.71. The standard InChI is InChI=1S/C21H26N/c1-16-7-3-4-8-19(16)20-13-17-9-12-21(10-5-6-11-21)14-18(17)15-22(20)2/h3-4,7-8,13,15H,5-6,9-12,14H2,1-2H3/q+1. The normalized spacial score (nSPS) is 19.4. The van der Waals surface area contributed by atoms with Crippen molar-refractivity contribution in [2.45, 2.75) is 51.9 Å². The zero-order valence-corrected chi connectivity index (χ0v) is 13.9. The molecule has 1 saturated carbocycles. The lowest BCUT2D eigenvalue weighted by Crippen LogP contribution is -2.35. The average molecular weight is 292 g/mol. The molecular formula is C21H26N+. The van der Waals surface area contributed by atoms with E-state index >= 15 is 0 Å². The van der Waals surface area contributed by atoms with Gasteiger partial charge < -0.3 is 0 Å². The molecule has 0 bridgehead atoms. The summed E-state index contributed by atoms with van der Waals surface area (Å²) in [5, 5.41) is 0. The maximum Gasteiger partial charge on any atom is 0.212 e. The van der Waals surface area contributed by atoms with Gasteiger partial charge in [0, 0.05) is 17.2 Å². The topological polar surface area (TPSA) is 3.88 Å². The monoisotopic (exact) mass is 292 g/mol. The number of pyridine rings is 1. The van der Waals surface area contributed by atoms with Gasteiger partial charge in [0.15, 0.2) is 6.20 Å². The lowest BCUT2D eigenvalue weighted by Gasteiger charge is -2.34. The van der Waals surface area contributed by atoms with Crippen molar-refractivity contribution in [1.82, 2.24) is 0 Å². The average Bonchev–Trinajstić information content (AvgIpc) is 2.95. The van der Waals surface area contributed by atoms with Crippen LogP contribution in [-0.2, 0) is 19.9 Å². The largest absolute Gasteiger partial charge is 0.212 e. The highest BCUT2D eigenvalue weighted by molar-refractivity contribution is 5.61. The summed E-state index contributed by atoms with van der Waals surface area (Å²) in [6, 6.07) is 11.2. The van der Waals surface area contributed by atoms with Crippen molar-refractivity contribution in [1.29, 1.82) is 0 Å². The molecule has 1 aromatic heterocycles. The van der Waals surface area contributed by atoms with Crippen molar-refractivity contribution in [3.05, 3.63) is 53.2 Å². The zero-order valence-electron chi connectivity index (χ0n) is 13.9. The first-order valence-corrected chi connectivity index (χ1v) is 8.74.